The van der Waals surface area contributed by atoms with Gasteiger partial charge < -0.3 is 5.32 Å². The summed E-state index contributed by atoms with van der Waals surface area (Å²) in [5.74, 6) is 0.891. The minimum absolute atomic E-state index is 0.310. The molecule has 6 heteroatoms. The fourth-order valence-corrected chi connectivity index (χ4v) is 2.51. The highest BCUT2D eigenvalue weighted by molar-refractivity contribution is 7.11. The van der Waals surface area contributed by atoms with E-state index in [2.05, 4.69) is 24.1 Å². The molecule has 1 aromatic rings. The monoisotopic (exact) mass is 280 g/mol. The van der Waals surface area contributed by atoms with E-state index in [9.17, 15) is 13.2 Å². The Morgan fingerprint density at radius 2 is 1.94 bits per heavy atom. The van der Waals surface area contributed by atoms with Crippen molar-refractivity contribution in [2.24, 2.45) is 11.8 Å². The van der Waals surface area contributed by atoms with Crippen molar-refractivity contribution in [1.82, 2.24) is 10.3 Å². The van der Waals surface area contributed by atoms with E-state index < -0.39 is 11.2 Å². The lowest BCUT2D eigenvalue weighted by Crippen LogP contribution is -2.25. The molecule has 1 aromatic heterocycles. The fraction of sp³-hybridized carbons (Fsp3) is 0.750. The van der Waals surface area contributed by atoms with E-state index in [4.69, 9.17) is 0 Å². The zero-order chi connectivity index (χ0) is 13.8. The molecule has 2 nitrogen and oxygen atoms in total. The standard InChI is InChI=1S/C12H19F3N2S/c1-8(2)5-16-6-9(3)4-10-7-17-11(18-10)12(13,14)15/h7-9,16H,4-6H2,1-3H3. The lowest BCUT2D eigenvalue weighted by atomic mass is 10.1. The van der Waals surface area contributed by atoms with Crippen LogP contribution >= 0.6 is 11.3 Å². The van der Waals surface area contributed by atoms with Gasteiger partial charge in [0.05, 0.1) is 0 Å². The maximum absolute atomic E-state index is 12.4. The average Bonchev–Trinajstić information content (AvgIpc) is 2.64. The van der Waals surface area contributed by atoms with Crippen LogP contribution in [0.1, 0.15) is 30.7 Å². The molecule has 0 radical (unpaired) electrons. The molecule has 0 aliphatic carbocycles. The molecule has 1 unspecified atom stereocenters. The number of halogens is 3. The Kier molecular flexibility index (Phi) is 5.59. The summed E-state index contributed by atoms with van der Waals surface area (Å²) in [6.45, 7) is 8.02. The molecule has 104 valence electrons. The normalized spacial score (nSPS) is 14.2. The lowest BCUT2D eigenvalue weighted by Gasteiger charge is -2.12. The Morgan fingerprint density at radius 1 is 1.28 bits per heavy atom. The molecule has 0 aliphatic heterocycles. The van der Waals surface area contributed by atoms with Crippen molar-refractivity contribution in [2.45, 2.75) is 33.4 Å². The number of thiazole rings is 1. The van der Waals surface area contributed by atoms with Gasteiger partial charge in [-0.25, -0.2) is 4.98 Å². The Bertz CT molecular complexity index is 360. The Balaban J connectivity index is 2.40. The molecule has 0 bridgehead atoms. The summed E-state index contributed by atoms with van der Waals surface area (Å²) in [6.07, 6.45) is -2.34. The van der Waals surface area contributed by atoms with E-state index in [1.165, 1.54) is 6.20 Å². The number of rotatable bonds is 6. The van der Waals surface area contributed by atoms with Crippen molar-refractivity contribution >= 4 is 11.3 Å². The van der Waals surface area contributed by atoms with Crippen molar-refractivity contribution in [2.75, 3.05) is 13.1 Å². The molecule has 0 saturated heterocycles. The van der Waals surface area contributed by atoms with Crippen LogP contribution in [0.2, 0.25) is 0 Å². The molecule has 1 N–H and O–H groups in total. The Labute approximate surface area is 110 Å². The first-order valence-corrected chi connectivity index (χ1v) is 6.83. The predicted octanol–water partition coefficient (Wildman–Crippen LogP) is 3.59. The van der Waals surface area contributed by atoms with Gasteiger partial charge >= 0.3 is 6.18 Å². The minimum atomic E-state index is -4.32. The van der Waals surface area contributed by atoms with Gasteiger partial charge in [0.1, 0.15) is 0 Å². The molecule has 1 atom stereocenters. The number of hydrogen-bond acceptors (Lipinski definition) is 3. The van der Waals surface area contributed by atoms with Gasteiger partial charge in [-0.2, -0.15) is 13.2 Å². The summed E-state index contributed by atoms with van der Waals surface area (Å²) < 4.78 is 37.1. The molecule has 1 heterocycles. The quantitative estimate of drug-likeness (QED) is 0.861. The molecule has 0 saturated carbocycles. The summed E-state index contributed by atoms with van der Waals surface area (Å²) >= 11 is 0.744. The van der Waals surface area contributed by atoms with E-state index in [-0.39, 0.29) is 0 Å². The molecule has 0 aromatic carbocycles. The van der Waals surface area contributed by atoms with Crippen molar-refractivity contribution in [3.8, 4) is 0 Å². The van der Waals surface area contributed by atoms with E-state index in [0.29, 0.717) is 23.1 Å². The molecule has 0 fully saturated rings. The predicted molar refractivity (Wildman–Crippen MR) is 67.7 cm³/mol. The second kappa shape index (κ2) is 6.52. The first-order chi connectivity index (χ1) is 8.29. The highest BCUT2D eigenvalue weighted by Gasteiger charge is 2.34. The van der Waals surface area contributed by atoms with Crippen LogP contribution in [0, 0.1) is 11.8 Å². The van der Waals surface area contributed by atoms with Gasteiger partial charge in [-0.1, -0.05) is 20.8 Å². The van der Waals surface area contributed by atoms with Crippen LogP contribution in [-0.2, 0) is 12.6 Å². The molecular weight excluding hydrogens is 261 g/mol. The molecule has 0 spiro atoms. The maximum Gasteiger partial charge on any atom is 0.443 e. The van der Waals surface area contributed by atoms with Crippen LogP contribution in [0.5, 0.6) is 0 Å². The second-order valence-corrected chi connectivity index (χ2v) is 6.11. The van der Waals surface area contributed by atoms with Gasteiger partial charge in [-0.05, 0) is 31.3 Å². The molecular formula is C12H19F3N2S. The van der Waals surface area contributed by atoms with E-state index in [1.807, 2.05) is 6.92 Å². The largest absolute Gasteiger partial charge is 0.443 e. The Morgan fingerprint density at radius 3 is 2.44 bits per heavy atom. The smallest absolute Gasteiger partial charge is 0.316 e. The van der Waals surface area contributed by atoms with Crippen LogP contribution in [0.25, 0.3) is 0 Å². The summed E-state index contributed by atoms with van der Waals surface area (Å²) in [6, 6.07) is 0. The zero-order valence-electron chi connectivity index (χ0n) is 10.8. The van der Waals surface area contributed by atoms with Gasteiger partial charge in [0.25, 0.3) is 0 Å². The molecule has 0 amide bonds. The van der Waals surface area contributed by atoms with Crippen molar-refractivity contribution in [3.05, 3.63) is 16.1 Å². The van der Waals surface area contributed by atoms with Crippen LogP contribution in [0.3, 0.4) is 0 Å². The first kappa shape index (κ1) is 15.4. The third-order valence-electron chi connectivity index (χ3n) is 2.39. The topological polar surface area (TPSA) is 24.9 Å². The molecule has 18 heavy (non-hydrogen) atoms. The number of aromatic nitrogens is 1. The van der Waals surface area contributed by atoms with Crippen LogP contribution in [0.4, 0.5) is 13.2 Å². The van der Waals surface area contributed by atoms with Gasteiger partial charge in [0.2, 0.25) is 0 Å². The molecule has 1 rings (SSSR count). The minimum Gasteiger partial charge on any atom is -0.316 e. The maximum atomic E-state index is 12.4. The van der Waals surface area contributed by atoms with Gasteiger partial charge in [-0.3, -0.25) is 0 Å². The highest BCUT2D eigenvalue weighted by atomic mass is 32.1. The zero-order valence-corrected chi connectivity index (χ0v) is 11.7. The second-order valence-electron chi connectivity index (χ2n) is 4.99. The number of hydrogen-bond donors (Lipinski definition) is 1. The summed E-state index contributed by atoms with van der Waals surface area (Å²) in [5, 5.41) is 2.55. The Hall–Kier alpha value is -0.620. The summed E-state index contributed by atoms with van der Waals surface area (Å²) in [5.41, 5.74) is 0. The van der Waals surface area contributed by atoms with Crippen LogP contribution < -0.4 is 5.32 Å². The van der Waals surface area contributed by atoms with Gasteiger partial charge in [0, 0.05) is 11.1 Å². The van der Waals surface area contributed by atoms with Crippen LogP contribution in [0.15, 0.2) is 6.20 Å². The highest BCUT2D eigenvalue weighted by Crippen LogP contribution is 2.32. The summed E-state index contributed by atoms with van der Waals surface area (Å²) in [7, 11) is 0. The first-order valence-electron chi connectivity index (χ1n) is 6.01. The van der Waals surface area contributed by atoms with E-state index in [0.717, 1.165) is 24.4 Å². The van der Waals surface area contributed by atoms with Gasteiger partial charge in [0.15, 0.2) is 5.01 Å². The third kappa shape index (κ3) is 5.35. The number of nitrogens with one attached hydrogen (secondary N) is 1. The molecule has 0 aliphatic rings. The van der Waals surface area contributed by atoms with Crippen LogP contribution in [-0.4, -0.2) is 18.1 Å². The number of alkyl halides is 3. The SMILES string of the molecule is CC(C)CNCC(C)Cc1cnc(C(F)(F)F)s1. The van der Waals surface area contributed by atoms with E-state index in [1.54, 1.807) is 0 Å². The lowest BCUT2D eigenvalue weighted by molar-refractivity contribution is -0.137. The average molecular weight is 280 g/mol. The van der Waals surface area contributed by atoms with Crippen molar-refractivity contribution in [1.29, 1.82) is 0 Å². The number of nitrogens with zero attached hydrogens (tertiary/aromatic N) is 1. The fourth-order valence-electron chi connectivity index (χ4n) is 1.57. The van der Waals surface area contributed by atoms with Crippen molar-refractivity contribution < 1.29 is 13.2 Å². The third-order valence-corrected chi connectivity index (χ3v) is 3.46. The van der Waals surface area contributed by atoms with Gasteiger partial charge in [-0.15, -0.1) is 11.3 Å². The van der Waals surface area contributed by atoms with E-state index >= 15 is 0 Å². The summed E-state index contributed by atoms with van der Waals surface area (Å²) in [4.78, 5) is 4.12. The van der Waals surface area contributed by atoms with Crippen molar-refractivity contribution in [3.63, 3.8) is 0 Å².